The maximum atomic E-state index is 13.2. The van der Waals surface area contributed by atoms with E-state index in [0.717, 1.165) is 17.7 Å². The first kappa shape index (κ1) is 17.5. The highest BCUT2D eigenvalue weighted by atomic mass is 79.9. The summed E-state index contributed by atoms with van der Waals surface area (Å²) in [4.78, 5) is -0.184. The van der Waals surface area contributed by atoms with Crippen LogP contribution in [0.25, 0.3) is 0 Å². The van der Waals surface area contributed by atoms with E-state index in [1.165, 1.54) is 0 Å². The Morgan fingerprint density at radius 2 is 1.96 bits per heavy atom. The summed E-state index contributed by atoms with van der Waals surface area (Å²) in [6, 6.07) is 7.43. The van der Waals surface area contributed by atoms with Gasteiger partial charge in [0.25, 0.3) is 0 Å². The van der Waals surface area contributed by atoms with Gasteiger partial charge in [-0.05, 0) is 52.2 Å². The zero-order valence-corrected chi connectivity index (χ0v) is 15.3. The van der Waals surface area contributed by atoms with E-state index in [-0.39, 0.29) is 27.7 Å². The molecule has 0 aromatic heterocycles. The fourth-order valence-corrected chi connectivity index (χ4v) is 5.13. The summed E-state index contributed by atoms with van der Waals surface area (Å²) in [5.41, 5.74) is 0.895. The number of ether oxygens (including phenoxy) is 2. The Labute approximate surface area is 151 Å². The van der Waals surface area contributed by atoms with Crippen LogP contribution in [0.5, 0.6) is 11.5 Å². The molecule has 0 aliphatic carbocycles. The first-order valence-corrected chi connectivity index (χ1v) is 9.55. The van der Waals surface area contributed by atoms with Crippen LogP contribution in [0.1, 0.15) is 5.56 Å². The third-order valence-electron chi connectivity index (χ3n) is 3.37. The largest absolute Gasteiger partial charge is 0.454 e. The van der Waals surface area contributed by atoms with E-state index in [4.69, 9.17) is 21.1 Å². The van der Waals surface area contributed by atoms with Gasteiger partial charge in [0.15, 0.2) is 11.5 Å². The number of halogens is 3. The second-order valence-corrected chi connectivity index (χ2v) is 8.00. The molecule has 0 amide bonds. The Kier molecular flexibility index (Phi) is 5.00. The van der Waals surface area contributed by atoms with Crippen molar-refractivity contribution in [3.8, 4) is 11.5 Å². The van der Waals surface area contributed by atoms with E-state index in [9.17, 15) is 12.8 Å². The van der Waals surface area contributed by atoms with Crippen LogP contribution >= 0.6 is 27.5 Å². The van der Waals surface area contributed by atoms with E-state index < -0.39 is 15.8 Å². The molecule has 1 aliphatic heterocycles. The molecule has 0 radical (unpaired) electrons. The Morgan fingerprint density at radius 1 is 1.21 bits per heavy atom. The number of hydrogen-bond donors (Lipinski definition) is 1. The quantitative estimate of drug-likeness (QED) is 0.779. The summed E-state index contributed by atoms with van der Waals surface area (Å²) < 4.78 is 51.0. The van der Waals surface area contributed by atoms with E-state index in [1.54, 1.807) is 12.1 Å². The maximum absolute atomic E-state index is 13.2. The minimum atomic E-state index is -3.87. The first-order valence-electron chi connectivity index (χ1n) is 6.89. The van der Waals surface area contributed by atoms with Crippen LogP contribution < -0.4 is 14.2 Å². The maximum Gasteiger partial charge on any atom is 0.243 e. The molecule has 0 fully saturated rings. The third-order valence-corrected chi connectivity index (χ3v) is 6.23. The van der Waals surface area contributed by atoms with Gasteiger partial charge in [-0.15, -0.1) is 0 Å². The van der Waals surface area contributed by atoms with Crippen LogP contribution in [0, 0.1) is 5.82 Å². The van der Waals surface area contributed by atoms with Gasteiger partial charge in [0, 0.05) is 11.0 Å². The third kappa shape index (κ3) is 3.66. The molecule has 1 aliphatic rings. The topological polar surface area (TPSA) is 64.6 Å². The second-order valence-electron chi connectivity index (χ2n) is 5.03. The van der Waals surface area contributed by atoms with E-state index in [1.807, 2.05) is 6.07 Å². The summed E-state index contributed by atoms with van der Waals surface area (Å²) in [6.45, 7) is 0.338. The standard InChI is InChI=1S/C15H12BrClFNO4S/c16-11-6-10(18)7-12(17)15(11)24(20,21)19-4-3-9-1-2-13-14(5-9)23-8-22-13/h1-2,5-7,19H,3-4,8H2. The first-order chi connectivity index (χ1) is 11.4. The smallest absolute Gasteiger partial charge is 0.243 e. The van der Waals surface area contributed by atoms with Crippen molar-refractivity contribution in [2.75, 3.05) is 13.3 Å². The molecule has 3 rings (SSSR count). The molecular formula is C15H12BrClFNO4S. The average Bonchev–Trinajstić information content (AvgIpc) is 2.93. The summed E-state index contributed by atoms with van der Waals surface area (Å²) >= 11 is 8.89. The normalized spacial score (nSPS) is 13.3. The van der Waals surface area contributed by atoms with Crippen molar-refractivity contribution < 1.29 is 22.3 Å². The molecule has 2 aromatic carbocycles. The van der Waals surface area contributed by atoms with Crippen LogP contribution in [-0.2, 0) is 16.4 Å². The van der Waals surface area contributed by atoms with Crippen molar-refractivity contribution in [3.05, 3.63) is 51.2 Å². The molecule has 1 N–H and O–H groups in total. The lowest BCUT2D eigenvalue weighted by Gasteiger charge is -2.10. The molecule has 5 nitrogen and oxygen atoms in total. The van der Waals surface area contributed by atoms with Crippen LogP contribution in [-0.4, -0.2) is 21.8 Å². The Bertz CT molecular complexity index is 868. The fraction of sp³-hybridized carbons (Fsp3) is 0.200. The molecule has 24 heavy (non-hydrogen) atoms. The highest BCUT2D eigenvalue weighted by molar-refractivity contribution is 9.10. The summed E-state index contributed by atoms with van der Waals surface area (Å²) in [7, 11) is -3.87. The lowest BCUT2D eigenvalue weighted by molar-refractivity contribution is 0.174. The Balaban J connectivity index is 1.70. The molecule has 0 spiro atoms. The molecule has 0 saturated carbocycles. The van der Waals surface area contributed by atoms with Crippen molar-refractivity contribution >= 4 is 37.6 Å². The van der Waals surface area contributed by atoms with Crippen molar-refractivity contribution in [3.63, 3.8) is 0 Å². The molecule has 9 heteroatoms. The van der Waals surface area contributed by atoms with E-state index >= 15 is 0 Å². The fourth-order valence-electron chi connectivity index (χ4n) is 2.28. The number of sulfonamides is 1. The van der Waals surface area contributed by atoms with Crippen molar-refractivity contribution in [2.24, 2.45) is 0 Å². The molecule has 0 atom stereocenters. The Hall–Kier alpha value is -1.35. The zero-order valence-electron chi connectivity index (χ0n) is 12.2. The van der Waals surface area contributed by atoms with E-state index in [2.05, 4.69) is 20.7 Å². The molecule has 0 bridgehead atoms. The second kappa shape index (κ2) is 6.87. The molecule has 2 aromatic rings. The van der Waals surface area contributed by atoms with Crippen LogP contribution in [0.2, 0.25) is 5.02 Å². The van der Waals surface area contributed by atoms with Gasteiger partial charge >= 0.3 is 0 Å². The lowest BCUT2D eigenvalue weighted by atomic mass is 10.1. The minimum Gasteiger partial charge on any atom is -0.454 e. The monoisotopic (exact) mass is 435 g/mol. The highest BCUT2D eigenvalue weighted by Crippen LogP contribution is 2.33. The van der Waals surface area contributed by atoms with Gasteiger partial charge in [-0.2, -0.15) is 0 Å². The van der Waals surface area contributed by atoms with Gasteiger partial charge in [0.05, 0.1) is 5.02 Å². The van der Waals surface area contributed by atoms with Crippen LogP contribution in [0.15, 0.2) is 39.7 Å². The zero-order chi connectivity index (χ0) is 17.3. The average molecular weight is 437 g/mol. The molecule has 0 unspecified atom stereocenters. The van der Waals surface area contributed by atoms with Gasteiger partial charge in [-0.1, -0.05) is 17.7 Å². The van der Waals surface area contributed by atoms with Crippen molar-refractivity contribution in [2.45, 2.75) is 11.3 Å². The minimum absolute atomic E-state index is 0.0723. The predicted molar refractivity (Wildman–Crippen MR) is 90.6 cm³/mol. The highest BCUT2D eigenvalue weighted by Gasteiger charge is 2.22. The molecule has 128 valence electrons. The summed E-state index contributed by atoms with van der Waals surface area (Å²) in [5.74, 6) is 0.687. The number of hydrogen-bond acceptors (Lipinski definition) is 4. The summed E-state index contributed by atoms with van der Waals surface area (Å²) in [6.07, 6.45) is 0.451. The van der Waals surface area contributed by atoms with Crippen molar-refractivity contribution in [1.82, 2.24) is 4.72 Å². The van der Waals surface area contributed by atoms with E-state index in [0.29, 0.717) is 17.9 Å². The number of fused-ring (bicyclic) bond motifs is 1. The van der Waals surface area contributed by atoms with Crippen LogP contribution in [0.3, 0.4) is 0 Å². The molecule has 0 saturated heterocycles. The van der Waals surface area contributed by atoms with Gasteiger partial charge in [-0.3, -0.25) is 0 Å². The number of rotatable bonds is 5. The molecular weight excluding hydrogens is 425 g/mol. The predicted octanol–water partition coefficient (Wildman–Crippen LogP) is 3.49. The van der Waals surface area contributed by atoms with Gasteiger partial charge in [0.2, 0.25) is 16.8 Å². The summed E-state index contributed by atoms with van der Waals surface area (Å²) in [5, 5.41) is -0.183. The number of benzene rings is 2. The van der Waals surface area contributed by atoms with Crippen LogP contribution in [0.4, 0.5) is 4.39 Å². The lowest BCUT2D eigenvalue weighted by Crippen LogP contribution is -2.26. The van der Waals surface area contributed by atoms with Gasteiger partial charge in [0.1, 0.15) is 10.7 Å². The Morgan fingerprint density at radius 3 is 2.71 bits per heavy atom. The number of nitrogens with one attached hydrogen (secondary N) is 1. The molecule has 1 heterocycles. The SMILES string of the molecule is O=S(=O)(NCCc1ccc2c(c1)OCO2)c1c(Cl)cc(F)cc1Br. The van der Waals surface area contributed by atoms with Gasteiger partial charge in [-0.25, -0.2) is 17.5 Å². The van der Waals surface area contributed by atoms with Crippen molar-refractivity contribution in [1.29, 1.82) is 0 Å². The van der Waals surface area contributed by atoms with Gasteiger partial charge < -0.3 is 9.47 Å².